The van der Waals surface area contributed by atoms with Crippen molar-refractivity contribution in [1.82, 2.24) is 15.1 Å². The molecule has 2 aromatic carbocycles. The minimum absolute atomic E-state index is 0.113. The zero-order chi connectivity index (χ0) is 18.7. The van der Waals surface area contributed by atoms with Crippen LogP contribution in [0.2, 0.25) is 5.15 Å². The molecular weight excluding hydrogens is 354 g/mol. The molecule has 0 spiro atoms. The topological polar surface area (TPSA) is 87.0 Å². The molecule has 1 aromatic heterocycles. The van der Waals surface area contributed by atoms with Crippen LogP contribution in [-0.4, -0.2) is 21.7 Å². The summed E-state index contributed by atoms with van der Waals surface area (Å²) in [4.78, 5) is 24.4. The maximum Gasteiger partial charge on any atom is 0.257 e. The number of rotatable bonds is 5. The maximum absolute atomic E-state index is 12.8. The van der Waals surface area contributed by atoms with Crippen LogP contribution in [0.25, 0.3) is 11.3 Å². The Bertz CT molecular complexity index is 939. The van der Waals surface area contributed by atoms with E-state index in [9.17, 15) is 14.7 Å². The summed E-state index contributed by atoms with van der Waals surface area (Å²) in [5, 5.41) is 18.4. The van der Waals surface area contributed by atoms with Gasteiger partial charge in [0.15, 0.2) is 0 Å². The third kappa shape index (κ3) is 3.45. The van der Waals surface area contributed by atoms with Gasteiger partial charge < -0.3 is 15.2 Å². The van der Waals surface area contributed by atoms with Crippen molar-refractivity contribution in [2.75, 3.05) is 0 Å². The van der Waals surface area contributed by atoms with E-state index in [0.29, 0.717) is 16.8 Å². The van der Waals surface area contributed by atoms with Gasteiger partial charge in [0.25, 0.3) is 5.91 Å². The zero-order valence-corrected chi connectivity index (χ0v) is 14.6. The first-order valence-corrected chi connectivity index (χ1v) is 8.21. The molecule has 0 bridgehead atoms. The van der Waals surface area contributed by atoms with Crippen molar-refractivity contribution in [3.63, 3.8) is 0 Å². The smallest absolute Gasteiger partial charge is 0.257 e. The van der Waals surface area contributed by atoms with Crippen LogP contribution >= 0.6 is 11.6 Å². The van der Waals surface area contributed by atoms with Crippen molar-refractivity contribution in [3.05, 3.63) is 76.9 Å². The normalized spacial score (nSPS) is 11.8. The molecule has 1 N–H and O–H groups in total. The van der Waals surface area contributed by atoms with E-state index in [1.54, 1.807) is 49.5 Å². The molecule has 1 amide bonds. The van der Waals surface area contributed by atoms with Crippen molar-refractivity contribution in [2.24, 2.45) is 7.05 Å². The lowest BCUT2D eigenvalue weighted by Gasteiger charge is -2.20. The molecule has 6 nitrogen and oxygen atoms in total. The van der Waals surface area contributed by atoms with E-state index in [0.717, 1.165) is 0 Å². The summed E-state index contributed by atoms with van der Waals surface area (Å²) in [6, 6.07) is 16.1. The number of aliphatic carboxylic acids is 1. The van der Waals surface area contributed by atoms with Gasteiger partial charge in [-0.15, -0.1) is 0 Å². The lowest BCUT2D eigenvalue weighted by Crippen LogP contribution is -2.41. The largest absolute Gasteiger partial charge is 0.548 e. The standard InChI is InChI=1S/C19H16ClN3O3/c1-23-17(20)14(15(22-23)12-8-4-2-5-9-12)18(24)21-16(19(25)26)13-10-6-3-7-11-13/h2-11,16H,1H3,(H,21,24)(H,25,26)/p-1/t16-/m0/s1. The quantitative estimate of drug-likeness (QED) is 0.745. The Morgan fingerprint density at radius 3 is 2.23 bits per heavy atom. The molecule has 1 atom stereocenters. The number of nitrogens with zero attached hydrogens (tertiary/aromatic N) is 2. The average molecular weight is 369 g/mol. The third-order valence-corrected chi connectivity index (χ3v) is 4.33. The third-order valence-electron chi connectivity index (χ3n) is 3.90. The van der Waals surface area contributed by atoms with Crippen LogP contribution in [0, 0.1) is 0 Å². The molecule has 3 aromatic rings. The van der Waals surface area contributed by atoms with Gasteiger partial charge in [-0.2, -0.15) is 5.10 Å². The Morgan fingerprint density at radius 2 is 1.65 bits per heavy atom. The minimum atomic E-state index is -1.41. The highest BCUT2D eigenvalue weighted by atomic mass is 35.5. The van der Waals surface area contributed by atoms with E-state index in [1.165, 1.54) is 4.68 Å². The number of carboxylic acid groups (broad SMARTS) is 1. The first kappa shape index (κ1) is 17.7. The first-order chi connectivity index (χ1) is 12.5. The molecule has 3 rings (SSSR count). The molecular formula is C19H15ClN3O3-. The van der Waals surface area contributed by atoms with E-state index in [2.05, 4.69) is 10.4 Å². The summed E-state index contributed by atoms with van der Waals surface area (Å²) in [7, 11) is 1.61. The van der Waals surface area contributed by atoms with E-state index in [-0.39, 0.29) is 10.7 Å². The maximum atomic E-state index is 12.8. The van der Waals surface area contributed by atoms with Gasteiger partial charge in [-0.3, -0.25) is 9.48 Å². The Hall–Kier alpha value is -3.12. The van der Waals surface area contributed by atoms with Gasteiger partial charge in [0.1, 0.15) is 16.4 Å². The number of halogens is 1. The highest BCUT2D eigenvalue weighted by Gasteiger charge is 2.25. The van der Waals surface area contributed by atoms with Crippen molar-refractivity contribution in [3.8, 4) is 11.3 Å². The van der Waals surface area contributed by atoms with Crippen molar-refractivity contribution < 1.29 is 14.7 Å². The molecule has 0 unspecified atom stereocenters. The number of hydrogen-bond acceptors (Lipinski definition) is 4. The second-order valence-electron chi connectivity index (χ2n) is 5.64. The van der Waals surface area contributed by atoms with Gasteiger partial charge in [0.2, 0.25) is 0 Å². The second-order valence-corrected chi connectivity index (χ2v) is 6.00. The fourth-order valence-corrected chi connectivity index (χ4v) is 2.84. The van der Waals surface area contributed by atoms with E-state index >= 15 is 0 Å². The molecule has 0 aliphatic carbocycles. The summed E-state index contributed by atoms with van der Waals surface area (Å²) in [6.07, 6.45) is 0. The molecule has 0 saturated heterocycles. The highest BCUT2D eigenvalue weighted by Crippen LogP contribution is 2.28. The van der Waals surface area contributed by atoms with E-state index in [1.807, 2.05) is 18.2 Å². The number of nitrogens with one attached hydrogen (secondary N) is 1. The van der Waals surface area contributed by atoms with Crippen LogP contribution in [-0.2, 0) is 11.8 Å². The van der Waals surface area contributed by atoms with Gasteiger partial charge in [-0.25, -0.2) is 0 Å². The predicted molar refractivity (Wildman–Crippen MR) is 95.3 cm³/mol. The predicted octanol–water partition coefficient (Wildman–Crippen LogP) is 1.96. The summed E-state index contributed by atoms with van der Waals surface area (Å²) < 4.78 is 1.37. The van der Waals surface area contributed by atoms with E-state index in [4.69, 9.17) is 11.6 Å². The van der Waals surface area contributed by atoms with Crippen LogP contribution in [0.4, 0.5) is 0 Å². The van der Waals surface area contributed by atoms with Gasteiger partial charge in [-0.1, -0.05) is 72.3 Å². The molecule has 7 heteroatoms. The first-order valence-electron chi connectivity index (χ1n) is 7.83. The Balaban J connectivity index is 1.99. The fourth-order valence-electron chi connectivity index (χ4n) is 2.63. The summed E-state index contributed by atoms with van der Waals surface area (Å²) in [5.41, 5.74) is 1.59. The Labute approximate surface area is 155 Å². The van der Waals surface area contributed by atoms with Gasteiger partial charge >= 0.3 is 0 Å². The number of carboxylic acids is 1. The molecule has 26 heavy (non-hydrogen) atoms. The number of benzene rings is 2. The molecule has 0 fully saturated rings. The van der Waals surface area contributed by atoms with Gasteiger partial charge in [0.05, 0.1) is 12.0 Å². The van der Waals surface area contributed by atoms with Crippen LogP contribution in [0.5, 0.6) is 0 Å². The average Bonchev–Trinajstić information content (AvgIpc) is 2.96. The molecule has 1 heterocycles. The number of hydrogen-bond donors (Lipinski definition) is 1. The molecule has 0 saturated carbocycles. The molecule has 0 aliphatic heterocycles. The minimum Gasteiger partial charge on any atom is -0.548 e. The highest BCUT2D eigenvalue weighted by molar-refractivity contribution is 6.33. The van der Waals surface area contributed by atoms with Crippen LogP contribution in [0.15, 0.2) is 60.7 Å². The lowest BCUT2D eigenvalue weighted by atomic mass is 10.0. The molecule has 0 radical (unpaired) electrons. The number of aryl methyl sites for hydroxylation is 1. The monoisotopic (exact) mass is 368 g/mol. The van der Waals surface area contributed by atoms with Crippen LogP contribution in [0.3, 0.4) is 0 Å². The van der Waals surface area contributed by atoms with Gasteiger partial charge in [-0.05, 0) is 5.56 Å². The van der Waals surface area contributed by atoms with Crippen molar-refractivity contribution in [1.29, 1.82) is 0 Å². The molecule has 0 aliphatic rings. The second kappa shape index (κ2) is 7.41. The van der Waals surface area contributed by atoms with Crippen molar-refractivity contribution in [2.45, 2.75) is 6.04 Å². The van der Waals surface area contributed by atoms with Crippen LogP contribution < -0.4 is 10.4 Å². The number of amides is 1. The summed E-state index contributed by atoms with van der Waals surface area (Å²) in [5.74, 6) is -2.05. The Morgan fingerprint density at radius 1 is 1.08 bits per heavy atom. The van der Waals surface area contributed by atoms with Gasteiger partial charge in [0, 0.05) is 12.6 Å². The number of carbonyl (C=O) groups excluding carboxylic acids is 2. The Kier molecular flexibility index (Phi) is 5.04. The lowest BCUT2D eigenvalue weighted by molar-refractivity contribution is -0.308. The van der Waals surface area contributed by atoms with Crippen LogP contribution in [0.1, 0.15) is 22.0 Å². The summed E-state index contributed by atoms with van der Waals surface area (Å²) >= 11 is 6.24. The summed E-state index contributed by atoms with van der Waals surface area (Å²) in [6.45, 7) is 0. The zero-order valence-electron chi connectivity index (χ0n) is 13.8. The SMILES string of the molecule is Cn1nc(-c2ccccc2)c(C(=O)N[C@H](C(=O)[O-])c2ccccc2)c1Cl. The number of carbonyl (C=O) groups is 2. The molecule has 132 valence electrons. The van der Waals surface area contributed by atoms with Crippen molar-refractivity contribution >= 4 is 23.5 Å². The fraction of sp³-hybridized carbons (Fsp3) is 0.105. The number of aromatic nitrogens is 2. The van der Waals surface area contributed by atoms with E-state index < -0.39 is 17.9 Å².